The molecule has 1 heterocycles. The molecule has 0 saturated heterocycles. The molecular weight excluding hydrogens is 250 g/mol. The Kier molecular flexibility index (Phi) is 6.40. The number of nitrogens with two attached hydrogens (primary N) is 1. The Balaban J connectivity index is 2.35. The Morgan fingerprint density at radius 1 is 1.63 bits per heavy atom. The van der Waals surface area contributed by atoms with E-state index >= 15 is 0 Å². The largest absolute Gasteiger partial charge is 0.389 e. The van der Waals surface area contributed by atoms with Gasteiger partial charge in [-0.3, -0.25) is 4.79 Å². The quantitative estimate of drug-likeness (QED) is 0.538. The average molecular weight is 271 g/mol. The smallest absolute Gasteiger partial charge is 0.234 e. The average Bonchev–Trinajstić information content (AvgIpc) is 2.81. The molecule has 1 unspecified atom stereocenters. The predicted molar refractivity (Wildman–Crippen MR) is 68.0 cm³/mol. The van der Waals surface area contributed by atoms with Crippen molar-refractivity contribution in [3.8, 4) is 0 Å². The van der Waals surface area contributed by atoms with Gasteiger partial charge < -0.3 is 20.9 Å². The summed E-state index contributed by atoms with van der Waals surface area (Å²) in [5, 5.41) is 20.0. The van der Waals surface area contributed by atoms with Gasteiger partial charge in [-0.2, -0.15) is 0 Å². The topological polar surface area (TPSA) is 115 Å². The van der Waals surface area contributed by atoms with Crippen molar-refractivity contribution in [2.75, 3.05) is 13.2 Å². The highest BCUT2D eigenvalue weighted by atomic mass is 16.5. The molecule has 0 saturated carbocycles. The van der Waals surface area contributed by atoms with E-state index in [1.165, 1.54) is 4.68 Å². The van der Waals surface area contributed by atoms with Crippen LogP contribution in [0.2, 0.25) is 0 Å². The summed E-state index contributed by atoms with van der Waals surface area (Å²) in [6, 6.07) is 0. The van der Waals surface area contributed by atoms with Crippen LogP contribution in [0.25, 0.3) is 0 Å². The summed E-state index contributed by atoms with van der Waals surface area (Å²) in [7, 11) is 0. The zero-order valence-corrected chi connectivity index (χ0v) is 11.2. The number of nitrogens with one attached hydrogen (secondary N) is 1. The molecule has 1 aromatic rings. The molecule has 1 aromatic heterocycles. The zero-order chi connectivity index (χ0) is 14.3. The Labute approximate surface area is 111 Å². The number of aliphatic hydroxyl groups excluding tert-OH is 1. The van der Waals surface area contributed by atoms with Gasteiger partial charge in [-0.25, -0.2) is 4.68 Å². The van der Waals surface area contributed by atoms with Gasteiger partial charge in [0.05, 0.1) is 44.6 Å². The minimum absolute atomic E-state index is 0.0562. The lowest BCUT2D eigenvalue weighted by Gasteiger charge is -2.12. The van der Waals surface area contributed by atoms with E-state index in [1.807, 2.05) is 13.8 Å². The minimum atomic E-state index is -0.643. The lowest BCUT2D eigenvalue weighted by molar-refractivity contribution is -0.119. The maximum Gasteiger partial charge on any atom is 0.234 e. The molecular formula is C11H21N5O3. The molecule has 19 heavy (non-hydrogen) atoms. The number of carbonyl (C=O) groups is 1. The molecule has 0 aliphatic rings. The summed E-state index contributed by atoms with van der Waals surface area (Å²) < 4.78 is 6.81. The van der Waals surface area contributed by atoms with E-state index in [0.717, 1.165) is 0 Å². The molecule has 0 bridgehead atoms. The fourth-order valence-corrected chi connectivity index (χ4v) is 1.34. The summed E-state index contributed by atoms with van der Waals surface area (Å²) >= 11 is 0. The molecule has 0 fully saturated rings. The van der Waals surface area contributed by atoms with Crippen LogP contribution in [-0.4, -0.2) is 51.4 Å². The summed E-state index contributed by atoms with van der Waals surface area (Å²) in [6.45, 7) is 4.57. The molecule has 108 valence electrons. The summed E-state index contributed by atoms with van der Waals surface area (Å²) in [5.74, 6) is -0.250. The molecule has 0 aliphatic heterocycles. The van der Waals surface area contributed by atoms with Crippen LogP contribution in [0.3, 0.4) is 0 Å². The Morgan fingerprint density at radius 3 is 3.00 bits per heavy atom. The van der Waals surface area contributed by atoms with Gasteiger partial charge in [-0.1, -0.05) is 5.21 Å². The van der Waals surface area contributed by atoms with E-state index in [0.29, 0.717) is 12.2 Å². The van der Waals surface area contributed by atoms with Crippen LogP contribution in [0.4, 0.5) is 0 Å². The van der Waals surface area contributed by atoms with Crippen molar-refractivity contribution in [1.82, 2.24) is 20.3 Å². The summed E-state index contributed by atoms with van der Waals surface area (Å²) in [5.41, 5.74) is 5.77. The maximum absolute atomic E-state index is 11.0. The van der Waals surface area contributed by atoms with E-state index in [4.69, 9.17) is 10.5 Å². The maximum atomic E-state index is 11.0. The third-order valence-electron chi connectivity index (χ3n) is 2.26. The monoisotopic (exact) mass is 271 g/mol. The predicted octanol–water partition coefficient (Wildman–Crippen LogP) is -1.36. The second kappa shape index (κ2) is 7.82. The summed E-state index contributed by atoms with van der Waals surface area (Å²) in [6.07, 6.45) is 1.10. The highest BCUT2D eigenvalue weighted by Gasteiger charge is 2.09. The fraction of sp³-hybridized carbons (Fsp3) is 0.727. The first kappa shape index (κ1) is 15.5. The molecule has 0 radical (unpaired) electrons. The van der Waals surface area contributed by atoms with E-state index < -0.39 is 6.10 Å². The van der Waals surface area contributed by atoms with Crippen molar-refractivity contribution in [3.63, 3.8) is 0 Å². The van der Waals surface area contributed by atoms with Crippen LogP contribution in [-0.2, 0) is 22.6 Å². The fourth-order valence-electron chi connectivity index (χ4n) is 1.34. The van der Waals surface area contributed by atoms with Crippen LogP contribution < -0.4 is 11.1 Å². The van der Waals surface area contributed by atoms with Crippen LogP contribution in [0.5, 0.6) is 0 Å². The van der Waals surface area contributed by atoms with E-state index in [1.54, 1.807) is 6.20 Å². The molecule has 0 spiro atoms. The third kappa shape index (κ3) is 6.27. The van der Waals surface area contributed by atoms with Crippen LogP contribution >= 0.6 is 0 Å². The number of aliphatic hydroxyl groups is 1. The third-order valence-corrected chi connectivity index (χ3v) is 2.26. The first-order chi connectivity index (χ1) is 9.01. The van der Waals surface area contributed by atoms with Crippen LogP contribution in [0, 0.1) is 0 Å². The van der Waals surface area contributed by atoms with E-state index in [2.05, 4.69) is 15.6 Å². The molecule has 0 aliphatic carbocycles. The van der Waals surface area contributed by atoms with Gasteiger partial charge in [0, 0.05) is 0 Å². The number of hydrogen-bond acceptors (Lipinski definition) is 6. The van der Waals surface area contributed by atoms with Gasteiger partial charge in [0.15, 0.2) is 0 Å². The van der Waals surface area contributed by atoms with E-state index in [9.17, 15) is 9.90 Å². The lowest BCUT2D eigenvalue weighted by Crippen LogP contribution is -2.29. The molecule has 8 nitrogen and oxygen atoms in total. The van der Waals surface area contributed by atoms with Crippen molar-refractivity contribution in [2.45, 2.75) is 39.1 Å². The van der Waals surface area contributed by atoms with Gasteiger partial charge in [-0.05, 0) is 13.8 Å². The number of amides is 1. The highest BCUT2D eigenvalue weighted by molar-refractivity contribution is 5.77. The number of carbonyl (C=O) groups excluding carboxylic acids is 1. The zero-order valence-electron chi connectivity index (χ0n) is 11.2. The van der Waals surface area contributed by atoms with Gasteiger partial charge in [0.1, 0.15) is 5.69 Å². The molecule has 1 amide bonds. The van der Waals surface area contributed by atoms with Gasteiger partial charge in [-0.15, -0.1) is 5.10 Å². The number of aromatic nitrogens is 3. The standard InChI is InChI=1S/C11H21N5O3/c1-8(2)19-7-10(17)6-16-5-9(14-15-16)4-13-11(18)3-12/h5,8,10,17H,3-4,6-7,12H2,1-2H3,(H,13,18). The lowest BCUT2D eigenvalue weighted by atomic mass is 10.3. The number of rotatable bonds is 8. The second-order valence-electron chi connectivity index (χ2n) is 4.45. The number of ether oxygens (including phenoxy) is 1. The van der Waals surface area contributed by atoms with E-state index in [-0.39, 0.29) is 31.7 Å². The molecule has 1 atom stereocenters. The van der Waals surface area contributed by atoms with Crippen LogP contribution in [0.15, 0.2) is 6.20 Å². The number of nitrogens with zero attached hydrogens (tertiary/aromatic N) is 3. The van der Waals surface area contributed by atoms with Crippen molar-refractivity contribution in [1.29, 1.82) is 0 Å². The molecule has 0 aromatic carbocycles. The van der Waals surface area contributed by atoms with Crippen molar-refractivity contribution in [2.24, 2.45) is 5.73 Å². The summed E-state index contributed by atoms with van der Waals surface area (Å²) in [4.78, 5) is 11.0. The normalized spacial score (nSPS) is 12.7. The Morgan fingerprint density at radius 2 is 2.37 bits per heavy atom. The first-order valence-corrected chi connectivity index (χ1v) is 6.16. The molecule has 8 heteroatoms. The Bertz CT molecular complexity index is 393. The van der Waals surface area contributed by atoms with Gasteiger partial charge in [0.25, 0.3) is 0 Å². The number of hydrogen-bond donors (Lipinski definition) is 3. The van der Waals surface area contributed by atoms with Gasteiger partial charge in [0.2, 0.25) is 5.91 Å². The molecule has 4 N–H and O–H groups in total. The van der Waals surface area contributed by atoms with Crippen molar-refractivity contribution < 1.29 is 14.6 Å². The van der Waals surface area contributed by atoms with Crippen LogP contribution in [0.1, 0.15) is 19.5 Å². The Hall–Kier alpha value is -1.51. The first-order valence-electron chi connectivity index (χ1n) is 6.16. The van der Waals surface area contributed by atoms with Crippen molar-refractivity contribution >= 4 is 5.91 Å². The highest BCUT2D eigenvalue weighted by Crippen LogP contribution is 1.97. The molecule has 1 rings (SSSR count). The van der Waals surface area contributed by atoms with Gasteiger partial charge >= 0.3 is 0 Å². The SMILES string of the molecule is CC(C)OCC(O)Cn1cc(CNC(=O)CN)nn1. The van der Waals surface area contributed by atoms with Crippen molar-refractivity contribution in [3.05, 3.63) is 11.9 Å². The minimum Gasteiger partial charge on any atom is -0.389 e. The second-order valence-corrected chi connectivity index (χ2v) is 4.45.